The summed E-state index contributed by atoms with van der Waals surface area (Å²) in [5, 5.41) is 21.4. The molecular formula is C7H10N2O3S. The van der Waals surface area contributed by atoms with Gasteiger partial charge >= 0.3 is 0 Å². The molecule has 1 aromatic rings. The van der Waals surface area contributed by atoms with E-state index in [1.807, 2.05) is 0 Å². The summed E-state index contributed by atoms with van der Waals surface area (Å²) >= 11 is 1.31. The van der Waals surface area contributed by atoms with Crippen molar-refractivity contribution in [1.82, 2.24) is 10.3 Å². The summed E-state index contributed by atoms with van der Waals surface area (Å²) in [5.74, 6) is -0.380. The van der Waals surface area contributed by atoms with Gasteiger partial charge in [0.1, 0.15) is 5.69 Å². The Labute approximate surface area is 79.1 Å². The van der Waals surface area contributed by atoms with Crippen molar-refractivity contribution in [3.63, 3.8) is 0 Å². The third-order valence-corrected chi connectivity index (χ3v) is 2.03. The number of thiazole rings is 1. The molecule has 0 fully saturated rings. The minimum absolute atomic E-state index is 0.285. The summed E-state index contributed by atoms with van der Waals surface area (Å²) < 4.78 is 0. The SMILES string of the molecule is O=C(NC(CO)CO)c1cscn1. The van der Waals surface area contributed by atoms with Crippen LogP contribution in [0, 0.1) is 0 Å². The molecule has 6 heteroatoms. The molecule has 13 heavy (non-hydrogen) atoms. The minimum Gasteiger partial charge on any atom is -0.394 e. The van der Waals surface area contributed by atoms with Crippen LogP contribution < -0.4 is 5.32 Å². The average molecular weight is 202 g/mol. The Balaban J connectivity index is 2.50. The van der Waals surface area contributed by atoms with E-state index in [1.54, 1.807) is 10.9 Å². The maximum Gasteiger partial charge on any atom is 0.271 e. The minimum atomic E-state index is -0.616. The molecule has 0 saturated heterocycles. The van der Waals surface area contributed by atoms with E-state index in [0.717, 1.165) is 0 Å². The Morgan fingerprint density at radius 1 is 1.62 bits per heavy atom. The van der Waals surface area contributed by atoms with Crippen molar-refractivity contribution < 1.29 is 15.0 Å². The van der Waals surface area contributed by atoms with Crippen molar-refractivity contribution in [2.45, 2.75) is 6.04 Å². The first-order chi connectivity index (χ1) is 6.27. The molecule has 1 amide bonds. The second kappa shape index (κ2) is 4.90. The van der Waals surface area contributed by atoms with Gasteiger partial charge in [0.15, 0.2) is 0 Å². The van der Waals surface area contributed by atoms with Crippen LogP contribution in [0.4, 0.5) is 0 Å². The zero-order chi connectivity index (χ0) is 9.68. The van der Waals surface area contributed by atoms with Crippen LogP contribution in [-0.2, 0) is 0 Å². The summed E-state index contributed by atoms with van der Waals surface area (Å²) in [7, 11) is 0. The Bertz CT molecular complexity index is 259. The molecule has 0 radical (unpaired) electrons. The molecule has 1 aromatic heterocycles. The van der Waals surface area contributed by atoms with E-state index >= 15 is 0 Å². The number of hydrogen-bond acceptors (Lipinski definition) is 5. The fraction of sp³-hybridized carbons (Fsp3) is 0.429. The van der Waals surface area contributed by atoms with Gasteiger partial charge in [0.05, 0.1) is 24.8 Å². The van der Waals surface area contributed by atoms with Crippen LogP contribution in [0.2, 0.25) is 0 Å². The molecule has 0 aliphatic rings. The molecule has 0 aromatic carbocycles. The number of nitrogens with one attached hydrogen (secondary N) is 1. The first-order valence-electron chi connectivity index (χ1n) is 3.68. The molecule has 1 rings (SSSR count). The molecule has 3 N–H and O–H groups in total. The van der Waals surface area contributed by atoms with Crippen LogP contribution in [0.3, 0.4) is 0 Å². The van der Waals surface area contributed by atoms with Gasteiger partial charge in [0.2, 0.25) is 0 Å². The molecule has 72 valence electrons. The Hall–Kier alpha value is -0.980. The van der Waals surface area contributed by atoms with Gasteiger partial charge in [-0.15, -0.1) is 11.3 Å². The maximum absolute atomic E-state index is 11.2. The van der Waals surface area contributed by atoms with Crippen molar-refractivity contribution in [2.75, 3.05) is 13.2 Å². The van der Waals surface area contributed by atoms with E-state index in [4.69, 9.17) is 10.2 Å². The van der Waals surface area contributed by atoms with Crippen LogP contribution in [0.15, 0.2) is 10.9 Å². The van der Waals surface area contributed by atoms with Crippen molar-refractivity contribution in [1.29, 1.82) is 0 Å². The van der Waals surface area contributed by atoms with Gasteiger partial charge in [-0.05, 0) is 0 Å². The second-order valence-corrected chi connectivity index (χ2v) is 3.13. The molecule has 0 spiro atoms. The van der Waals surface area contributed by atoms with Crippen molar-refractivity contribution in [3.8, 4) is 0 Å². The van der Waals surface area contributed by atoms with Gasteiger partial charge < -0.3 is 15.5 Å². The highest BCUT2D eigenvalue weighted by atomic mass is 32.1. The molecule has 1 heterocycles. The third kappa shape index (κ3) is 2.76. The summed E-state index contributed by atoms with van der Waals surface area (Å²) in [5.41, 5.74) is 1.85. The smallest absolute Gasteiger partial charge is 0.271 e. The number of aromatic nitrogens is 1. The largest absolute Gasteiger partial charge is 0.394 e. The van der Waals surface area contributed by atoms with E-state index in [-0.39, 0.29) is 19.1 Å². The van der Waals surface area contributed by atoms with E-state index in [9.17, 15) is 4.79 Å². The highest BCUT2D eigenvalue weighted by Gasteiger charge is 2.12. The first-order valence-corrected chi connectivity index (χ1v) is 4.63. The maximum atomic E-state index is 11.2. The van der Waals surface area contributed by atoms with Crippen LogP contribution in [0.5, 0.6) is 0 Å². The van der Waals surface area contributed by atoms with Gasteiger partial charge in [-0.1, -0.05) is 0 Å². The van der Waals surface area contributed by atoms with Gasteiger partial charge in [-0.3, -0.25) is 4.79 Å². The van der Waals surface area contributed by atoms with Crippen LogP contribution in [0.1, 0.15) is 10.5 Å². The molecule has 0 aliphatic carbocycles. The number of nitrogens with zero attached hydrogens (tertiary/aromatic N) is 1. The van der Waals surface area contributed by atoms with Crippen LogP contribution in [-0.4, -0.2) is 40.4 Å². The number of amides is 1. The summed E-state index contributed by atoms with van der Waals surface area (Å²) in [4.78, 5) is 15.0. The molecule has 0 atom stereocenters. The standard InChI is InChI=1S/C7H10N2O3S/c10-1-5(2-11)9-7(12)6-3-13-4-8-6/h3-5,10-11H,1-2H2,(H,9,12). The van der Waals surface area contributed by atoms with Crippen molar-refractivity contribution in [3.05, 3.63) is 16.6 Å². The molecule has 0 aliphatic heterocycles. The van der Waals surface area contributed by atoms with E-state index in [1.165, 1.54) is 11.3 Å². The predicted molar refractivity (Wildman–Crippen MR) is 47.5 cm³/mol. The van der Waals surface area contributed by atoms with Crippen molar-refractivity contribution >= 4 is 17.2 Å². The lowest BCUT2D eigenvalue weighted by Gasteiger charge is -2.11. The lowest BCUT2D eigenvalue weighted by atomic mass is 10.3. The highest BCUT2D eigenvalue weighted by molar-refractivity contribution is 7.07. The van der Waals surface area contributed by atoms with Gasteiger partial charge in [-0.2, -0.15) is 0 Å². The van der Waals surface area contributed by atoms with E-state index in [0.29, 0.717) is 5.69 Å². The van der Waals surface area contributed by atoms with E-state index in [2.05, 4.69) is 10.3 Å². The molecule has 0 saturated carbocycles. The number of carbonyl (C=O) groups is 1. The normalized spacial score (nSPS) is 10.4. The van der Waals surface area contributed by atoms with Crippen LogP contribution >= 0.6 is 11.3 Å². The lowest BCUT2D eigenvalue weighted by molar-refractivity contribution is 0.0875. The number of hydrogen-bond donors (Lipinski definition) is 3. The summed E-state index contributed by atoms with van der Waals surface area (Å²) in [6, 6.07) is -0.616. The summed E-state index contributed by atoms with van der Waals surface area (Å²) in [6.07, 6.45) is 0. The fourth-order valence-electron chi connectivity index (χ4n) is 0.733. The second-order valence-electron chi connectivity index (χ2n) is 2.41. The third-order valence-electron chi connectivity index (χ3n) is 1.44. The van der Waals surface area contributed by atoms with Crippen molar-refractivity contribution in [2.24, 2.45) is 0 Å². The lowest BCUT2D eigenvalue weighted by Crippen LogP contribution is -2.40. The zero-order valence-corrected chi connectivity index (χ0v) is 7.62. The molecule has 0 bridgehead atoms. The number of rotatable bonds is 4. The highest BCUT2D eigenvalue weighted by Crippen LogP contribution is 2.00. The summed E-state index contributed by atoms with van der Waals surface area (Å²) in [6.45, 7) is -0.571. The van der Waals surface area contributed by atoms with Gasteiger partial charge in [-0.25, -0.2) is 4.98 Å². The molecule has 0 unspecified atom stereocenters. The molecular weight excluding hydrogens is 192 g/mol. The average Bonchev–Trinajstić information content (AvgIpc) is 2.66. The van der Waals surface area contributed by atoms with Gasteiger partial charge in [0, 0.05) is 5.38 Å². The predicted octanol–water partition coefficient (Wildman–Crippen LogP) is -0.774. The number of aliphatic hydroxyl groups is 2. The van der Waals surface area contributed by atoms with Gasteiger partial charge in [0.25, 0.3) is 5.91 Å². The zero-order valence-electron chi connectivity index (χ0n) is 6.80. The van der Waals surface area contributed by atoms with Crippen LogP contribution in [0.25, 0.3) is 0 Å². The first kappa shape index (κ1) is 10.1. The monoisotopic (exact) mass is 202 g/mol. The Kier molecular flexibility index (Phi) is 3.81. The Morgan fingerprint density at radius 3 is 2.77 bits per heavy atom. The number of aliphatic hydroxyl groups excluding tert-OH is 2. The quantitative estimate of drug-likeness (QED) is 0.598. The molecule has 5 nitrogen and oxygen atoms in total. The Morgan fingerprint density at radius 2 is 2.31 bits per heavy atom. The fourth-order valence-corrected chi connectivity index (χ4v) is 1.27. The topological polar surface area (TPSA) is 82.5 Å². The van der Waals surface area contributed by atoms with E-state index < -0.39 is 6.04 Å². The number of carbonyl (C=O) groups excluding carboxylic acids is 1.